The summed E-state index contributed by atoms with van der Waals surface area (Å²) in [6.07, 6.45) is 3.26. The van der Waals surface area contributed by atoms with Gasteiger partial charge in [0, 0.05) is 17.5 Å². The Morgan fingerprint density at radius 2 is 1.53 bits per heavy atom. The van der Waals surface area contributed by atoms with Crippen molar-refractivity contribution in [1.29, 1.82) is 0 Å². The smallest absolute Gasteiger partial charge is 0.193 e. The average molecular weight is 252 g/mol. The molecule has 96 valence electrons. The van der Waals surface area contributed by atoms with Gasteiger partial charge in [-0.25, -0.2) is 0 Å². The Bertz CT molecular complexity index is 541. The maximum absolute atomic E-state index is 12.2. The molecule has 0 atom stereocenters. The van der Waals surface area contributed by atoms with Gasteiger partial charge in [-0.2, -0.15) is 0 Å². The SMILES string of the molecule is O=CCCCc1ccc(C(=O)c2ccccc2)cc1. The lowest BCUT2D eigenvalue weighted by molar-refractivity contribution is -0.107. The van der Waals surface area contributed by atoms with Crippen molar-refractivity contribution < 1.29 is 9.59 Å². The third-order valence-corrected chi connectivity index (χ3v) is 3.04. The summed E-state index contributed by atoms with van der Waals surface area (Å²) in [5.41, 5.74) is 2.56. The van der Waals surface area contributed by atoms with E-state index in [4.69, 9.17) is 0 Å². The summed E-state index contributed by atoms with van der Waals surface area (Å²) < 4.78 is 0. The first-order chi connectivity index (χ1) is 9.31. The highest BCUT2D eigenvalue weighted by Gasteiger charge is 2.07. The number of carbonyl (C=O) groups is 2. The van der Waals surface area contributed by atoms with Crippen molar-refractivity contribution in [3.63, 3.8) is 0 Å². The predicted octanol–water partition coefficient (Wildman–Crippen LogP) is 3.44. The Kier molecular flexibility index (Phi) is 4.62. The van der Waals surface area contributed by atoms with Crippen LogP contribution < -0.4 is 0 Å². The number of carbonyl (C=O) groups excluding carboxylic acids is 2. The second-order valence-electron chi connectivity index (χ2n) is 4.45. The van der Waals surface area contributed by atoms with E-state index in [1.807, 2.05) is 54.6 Å². The fourth-order valence-electron chi connectivity index (χ4n) is 1.97. The van der Waals surface area contributed by atoms with E-state index in [9.17, 15) is 9.59 Å². The minimum Gasteiger partial charge on any atom is -0.303 e. The van der Waals surface area contributed by atoms with Gasteiger partial charge in [0.15, 0.2) is 5.78 Å². The first-order valence-electron chi connectivity index (χ1n) is 6.43. The third-order valence-electron chi connectivity index (χ3n) is 3.04. The minimum atomic E-state index is 0.0417. The standard InChI is InChI=1S/C17H16O2/c18-13-5-4-6-14-9-11-16(12-10-14)17(19)15-7-2-1-3-8-15/h1-3,7-13H,4-6H2. The molecule has 0 bridgehead atoms. The molecule has 0 heterocycles. The molecule has 0 N–H and O–H groups in total. The molecule has 0 radical (unpaired) electrons. The van der Waals surface area contributed by atoms with Crippen LogP contribution in [0.5, 0.6) is 0 Å². The zero-order valence-corrected chi connectivity index (χ0v) is 10.7. The zero-order valence-electron chi connectivity index (χ0n) is 10.7. The van der Waals surface area contributed by atoms with Gasteiger partial charge in [0.2, 0.25) is 0 Å². The van der Waals surface area contributed by atoms with E-state index in [-0.39, 0.29) is 5.78 Å². The van der Waals surface area contributed by atoms with Crippen LogP contribution in [0.15, 0.2) is 54.6 Å². The molecule has 0 aliphatic rings. The Balaban J connectivity index is 2.06. The molecule has 19 heavy (non-hydrogen) atoms. The van der Waals surface area contributed by atoms with E-state index in [0.717, 1.165) is 24.7 Å². The lowest BCUT2D eigenvalue weighted by Crippen LogP contribution is -2.01. The molecule has 2 aromatic carbocycles. The van der Waals surface area contributed by atoms with Crippen molar-refractivity contribution in [2.24, 2.45) is 0 Å². The lowest BCUT2D eigenvalue weighted by Gasteiger charge is -2.03. The zero-order chi connectivity index (χ0) is 13.5. The molecule has 0 unspecified atom stereocenters. The van der Waals surface area contributed by atoms with Gasteiger partial charge in [-0.3, -0.25) is 4.79 Å². The average Bonchev–Trinajstić information content (AvgIpc) is 2.48. The quantitative estimate of drug-likeness (QED) is 0.448. The summed E-state index contributed by atoms with van der Waals surface area (Å²) >= 11 is 0. The predicted molar refractivity (Wildman–Crippen MR) is 75.3 cm³/mol. The van der Waals surface area contributed by atoms with Gasteiger partial charge in [-0.1, -0.05) is 54.6 Å². The summed E-state index contributed by atoms with van der Waals surface area (Å²) in [4.78, 5) is 22.4. The Morgan fingerprint density at radius 3 is 2.16 bits per heavy atom. The summed E-state index contributed by atoms with van der Waals surface area (Å²) in [7, 11) is 0. The van der Waals surface area contributed by atoms with Crippen LogP contribution in [0.3, 0.4) is 0 Å². The van der Waals surface area contributed by atoms with Gasteiger partial charge in [0.05, 0.1) is 0 Å². The maximum atomic E-state index is 12.2. The fourth-order valence-corrected chi connectivity index (χ4v) is 1.97. The van der Waals surface area contributed by atoms with Gasteiger partial charge in [0.1, 0.15) is 6.29 Å². The molecule has 2 heteroatoms. The van der Waals surface area contributed by atoms with Crippen molar-refractivity contribution in [2.45, 2.75) is 19.3 Å². The number of benzene rings is 2. The number of unbranched alkanes of at least 4 members (excludes halogenated alkanes) is 1. The molecule has 0 amide bonds. The second kappa shape index (κ2) is 6.64. The van der Waals surface area contributed by atoms with Gasteiger partial charge in [-0.05, 0) is 18.4 Å². The van der Waals surface area contributed by atoms with Crippen molar-refractivity contribution in [2.75, 3.05) is 0 Å². The summed E-state index contributed by atoms with van der Waals surface area (Å²) in [6, 6.07) is 16.9. The van der Waals surface area contributed by atoms with Crippen molar-refractivity contribution in [1.82, 2.24) is 0 Å². The minimum absolute atomic E-state index is 0.0417. The fraction of sp³-hybridized carbons (Fsp3) is 0.176. The normalized spacial score (nSPS) is 10.1. The molecule has 0 fully saturated rings. The van der Waals surface area contributed by atoms with Crippen LogP contribution in [0.1, 0.15) is 34.3 Å². The van der Waals surface area contributed by atoms with Crippen LogP contribution in [-0.4, -0.2) is 12.1 Å². The molecular weight excluding hydrogens is 236 g/mol. The van der Waals surface area contributed by atoms with Crippen molar-refractivity contribution in [3.05, 3.63) is 71.3 Å². The molecule has 0 spiro atoms. The lowest BCUT2D eigenvalue weighted by atomic mass is 10.0. The summed E-state index contributed by atoms with van der Waals surface area (Å²) in [5.74, 6) is 0.0417. The Hall–Kier alpha value is -2.22. The molecule has 2 rings (SSSR count). The van der Waals surface area contributed by atoms with Gasteiger partial charge < -0.3 is 4.79 Å². The van der Waals surface area contributed by atoms with Gasteiger partial charge >= 0.3 is 0 Å². The van der Waals surface area contributed by atoms with E-state index in [1.54, 1.807) is 0 Å². The number of hydrogen-bond acceptors (Lipinski definition) is 2. The highest BCUT2D eigenvalue weighted by molar-refractivity contribution is 6.08. The maximum Gasteiger partial charge on any atom is 0.193 e. The highest BCUT2D eigenvalue weighted by Crippen LogP contribution is 2.12. The first kappa shape index (κ1) is 13.2. The van der Waals surface area contributed by atoms with Crippen LogP contribution in [0, 0.1) is 0 Å². The summed E-state index contributed by atoms with van der Waals surface area (Å²) in [5, 5.41) is 0. The van der Waals surface area contributed by atoms with E-state index in [0.29, 0.717) is 17.5 Å². The van der Waals surface area contributed by atoms with Crippen LogP contribution in [-0.2, 0) is 11.2 Å². The third kappa shape index (κ3) is 3.62. The molecule has 0 aliphatic carbocycles. The molecule has 2 nitrogen and oxygen atoms in total. The Labute approximate surface area is 113 Å². The van der Waals surface area contributed by atoms with E-state index in [1.165, 1.54) is 0 Å². The van der Waals surface area contributed by atoms with Gasteiger partial charge in [-0.15, -0.1) is 0 Å². The second-order valence-corrected chi connectivity index (χ2v) is 4.45. The van der Waals surface area contributed by atoms with Crippen LogP contribution in [0.25, 0.3) is 0 Å². The number of hydrogen-bond donors (Lipinski definition) is 0. The molecule has 0 aliphatic heterocycles. The van der Waals surface area contributed by atoms with E-state index >= 15 is 0 Å². The molecular formula is C17H16O2. The number of rotatable bonds is 6. The van der Waals surface area contributed by atoms with E-state index < -0.39 is 0 Å². The molecule has 0 saturated heterocycles. The molecule has 0 saturated carbocycles. The number of ketones is 1. The molecule has 2 aromatic rings. The van der Waals surface area contributed by atoms with Crippen molar-refractivity contribution >= 4 is 12.1 Å². The van der Waals surface area contributed by atoms with Crippen molar-refractivity contribution in [3.8, 4) is 0 Å². The van der Waals surface area contributed by atoms with E-state index in [2.05, 4.69) is 0 Å². The number of aryl methyl sites for hydroxylation is 1. The van der Waals surface area contributed by atoms with Gasteiger partial charge in [0.25, 0.3) is 0 Å². The molecule has 0 aromatic heterocycles. The van der Waals surface area contributed by atoms with Crippen LogP contribution >= 0.6 is 0 Å². The summed E-state index contributed by atoms with van der Waals surface area (Å²) in [6.45, 7) is 0. The highest BCUT2D eigenvalue weighted by atomic mass is 16.1. The topological polar surface area (TPSA) is 34.1 Å². The van der Waals surface area contributed by atoms with Crippen LogP contribution in [0.4, 0.5) is 0 Å². The first-order valence-corrected chi connectivity index (χ1v) is 6.43. The largest absolute Gasteiger partial charge is 0.303 e. The monoisotopic (exact) mass is 252 g/mol. The van der Waals surface area contributed by atoms with Crippen LogP contribution in [0.2, 0.25) is 0 Å². The number of aldehydes is 1. The Morgan fingerprint density at radius 1 is 0.895 bits per heavy atom.